The maximum atomic E-state index is 12.4. The Hall–Kier alpha value is -1.35. The van der Waals surface area contributed by atoms with E-state index in [2.05, 4.69) is 34.5 Å². The Morgan fingerprint density at radius 3 is 3.06 bits per heavy atom. The number of allylic oxidation sites excluding steroid dienone is 2. The first-order valence-electron chi connectivity index (χ1n) is 6.96. The Kier molecular flexibility index (Phi) is 2.24. The van der Waals surface area contributed by atoms with Gasteiger partial charge in [-0.25, -0.2) is 0 Å². The quantitative estimate of drug-likeness (QED) is 0.811. The van der Waals surface area contributed by atoms with Gasteiger partial charge in [-0.15, -0.1) is 0 Å². The molecule has 4 aliphatic rings. The molecule has 1 saturated carbocycles. The zero-order valence-corrected chi connectivity index (χ0v) is 10.4. The fraction of sp³-hybridized carbons (Fsp3) is 0.533. The summed E-state index contributed by atoms with van der Waals surface area (Å²) >= 11 is 0. The molecule has 2 aliphatic heterocycles. The second kappa shape index (κ2) is 3.82. The molecule has 0 aromatic rings. The molecule has 0 radical (unpaired) electrons. The zero-order valence-electron chi connectivity index (χ0n) is 10.4. The summed E-state index contributed by atoms with van der Waals surface area (Å²) in [7, 11) is 0. The van der Waals surface area contributed by atoms with Crippen LogP contribution < -0.4 is 5.32 Å². The second-order valence-corrected chi connectivity index (χ2v) is 5.77. The molecule has 18 heavy (non-hydrogen) atoms. The Morgan fingerprint density at radius 1 is 1.33 bits per heavy atom. The van der Waals surface area contributed by atoms with Gasteiger partial charge in [0.15, 0.2) is 0 Å². The highest BCUT2D eigenvalue weighted by Gasteiger charge is 2.42. The number of amides is 1. The number of hydrogen-bond acceptors (Lipinski definition) is 2. The smallest absolute Gasteiger partial charge is 0.251 e. The lowest BCUT2D eigenvalue weighted by Gasteiger charge is -2.34. The predicted molar refractivity (Wildman–Crippen MR) is 69.9 cm³/mol. The van der Waals surface area contributed by atoms with Gasteiger partial charge in [0.1, 0.15) is 0 Å². The highest BCUT2D eigenvalue weighted by molar-refractivity contribution is 5.97. The highest BCUT2D eigenvalue weighted by atomic mass is 16.2. The van der Waals surface area contributed by atoms with Crippen molar-refractivity contribution in [2.24, 2.45) is 5.92 Å². The van der Waals surface area contributed by atoms with Gasteiger partial charge < -0.3 is 10.2 Å². The van der Waals surface area contributed by atoms with Crippen molar-refractivity contribution >= 4 is 5.91 Å². The molecule has 2 aliphatic carbocycles. The van der Waals surface area contributed by atoms with Gasteiger partial charge in [0.25, 0.3) is 5.91 Å². The maximum absolute atomic E-state index is 12.4. The number of carbonyl (C=O) groups excluding carboxylic acids is 1. The monoisotopic (exact) mass is 242 g/mol. The largest absolute Gasteiger partial charge is 0.331 e. The number of nitrogens with one attached hydrogen (secondary N) is 1. The minimum atomic E-state index is 0.253. The Morgan fingerprint density at radius 2 is 2.22 bits per heavy atom. The first-order chi connectivity index (χ1) is 8.83. The normalized spacial score (nSPS) is 33.3. The average Bonchev–Trinajstić information content (AvgIpc) is 3.11. The molecule has 1 amide bonds. The topological polar surface area (TPSA) is 32.3 Å². The number of hydrogen-bond donors (Lipinski definition) is 1. The third-order valence-electron chi connectivity index (χ3n) is 4.47. The molecule has 0 bridgehead atoms. The van der Waals surface area contributed by atoms with Crippen molar-refractivity contribution in [1.82, 2.24) is 10.2 Å². The van der Waals surface area contributed by atoms with E-state index in [1.807, 2.05) is 0 Å². The lowest BCUT2D eigenvalue weighted by molar-refractivity contribution is -0.128. The van der Waals surface area contributed by atoms with Gasteiger partial charge in [0, 0.05) is 30.6 Å². The van der Waals surface area contributed by atoms with Crippen LogP contribution in [0.3, 0.4) is 0 Å². The van der Waals surface area contributed by atoms with Crippen LogP contribution >= 0.6 is 0 Å². The Balaban J connectivity index is 1.62. The fourth-order valence-corrected chi connectivity index (χ4v) is 3.33. The van der Waals surface area contributed by atoms with E-state index in [-0.39, 0.29) is 5.91 Å². The van der Waals surface area contributed by atoms with E-state index < -0.39 is 0 Å². The summed E-state index contributed by atoms with van der Waals surface area (Å²) in [6.07, 6.45) is 12.3. The molecule has 0 aromatic carbocycles. The lowest BCUT2D eigenvalue weighted by atomic mass is 9.86. The van der Waals surface area contributed by atoms with Gasteiger partial charge in [-0.2, -0.15) is 0 Å². The van der Waals surface area contributed by atoms with E-state index in [1.165, 1.54) is 18.4 Å². The molecular weight excluding hydrogens is 224 g/mol. The Bertz CT molecular complexity index is 485. The minimum absolute atomic E-state index is 0.253. The van der Waals surface area contributed by atoms with Crippen LogP contribution in [0.1, 0.15) is 19.3 Å². The minimum Gasteiger partial charge on any atom is -0.331 e. The number of nitrogens with zero attached hydrogens (tertiary/aromatic N) is 1. The van der Waals surface area contributed by atoms with Crippen LogP contribution in [0.15, 0.2) is 35.5 Å². The third-order valence-corrected chi connectivity index (χ3v) is 4.47. The van der Waals surface area contributed by atoms with Crippen molar-refractivity contribution < 1.29 is 4.79 Å². The standard InChI is InChI=1S/C15H18N2O/c18-15-12(9-16-13-4-5-13)8-11-3-1-2-10-6-7-17(15)14(10)11/h1-3,8,10,13-14,16H,4-7,9H2. The average molecular weight is 242 g/mol. The third kappa shape index (κ3) is 1.57. The molecule has 3 heteroatoms. The SMILES string of the molecule is O=C1C(CNC2CC2)=CC2=CC=CC3CCN1C23. The molecule has 2 fully saturated rings. The van der Waals surface area contributed by atoms with Gasteiger partial charge in [-0.3, -0.25) is 4.79 Å². The molecule has 0 spiro atoms. The second-order valence-electron chi connectivity index (χ2n) is 5.77. The fourth-order valence-electron chi connectivity index (χ4n) is 3.33. The summed E-state index contributed by atoms with van der Waals surface area (Å²) in [6, 6.07) is 0.982. The van der Waals surface area contributed by atoms with Gasteiger partial charge in [-0.1, -0.05) is 18.2 Å². The Labute approximate surface area is 107 Å². The summed E-state index contributed by atoms with van der Waals surface area (Å²) in [5, 5.41) is 3.45. The first kappa shape index (κ1) is 10.6. The van der Waals surface area contributed by atoms with Crippen molar-refractivity contribution in [3.05, 3.63) is 35.5 Å². The van der Waals surface area contributed by atoms with E-state index in [9.17, 15) is 4.79 Å². The molecule has 94 valence electrons. The zero-order chi connectivity index (χ0) is 12.1. The van der Waals surface area contributed by atoms with Crippen molar-refractivity contribution in [2.45, 2.75) is 31.3 Å². The first-order valence-corrected chi connectivity index (χ1v) is 6.96. The van der Waals surface area contributed by atoms with Crippen molar-refractivity contribution in [2.75, 3.05) is 13.1 Å². The van der Waals surface area contributed by atoms with E-state index >= 15 is 0 Å². The lowest BCUT2D eigenvalue weighted by Crippen LogP contribution is -2.44. The van der Waals surface area contributed by atoms with Gasteiger partial charge in [0.05, 0.1) is 6.04 Å². The van der Waals surface area contributed by atoms with Crippen LogP contribution in [0.4, 0.5) is 0 Å². The highest BCUT2D eigenvalue weighted by Crippen LogP contribution is 2.38. The van der Waals surface area contributed by atoms with Crippen LogP contribution in [0, 0.1) is 5.92 Å². The van der Waals surface area contributed by atoms with Gasteiger partial charge >= 0.3 is 0 Å². The van der Waals surface area contributed by atoms with E-state index in [0.717, 1.165) is 25.1 Å². The molecule has 4 rings (SSSR count). The van der Waals surface area contributed by atoms with Crippen molar-refractivity contribution in [3.8, 4) is 0 Å². The summed E-state index contributed by atoms with van der Waals surface area (Å²) < 4.78 is 0. The predicted octanol–water partition coefficient (Wildman–Crippen LogP) is 1.39. The van der Waals surface area contributed by atoms with Crippen LogP contribution in [-0.4, -0.2) is 36.0 Å². The molecule has 2 atom stereocenters. The summed E-state index contributed by atoms with van der Waals surface area (Å²) in [5.41, 5.74) is 2.27. The van der Waals surface area contributed by atoms with E-state index in [1.54, 1.807) is 0 Å². The van der Waals surface area contributed by atoms with Crippen LogP contribution in [0.2, 0.25) is 0 Å². The molecule has 1 N–H and O–H groups in total. The summed E-state index contributed by atoms with van der Waals surface area (Å²) in [6.45, 7) is 1.65. The van der Waals surface area contributed by atoms with Crippen LogP contribution in [0.25, 0.3) is 0 Å². The summed E-state index contributed by atoms with van der Waals surface area (Å²) in [4.78, 5) is 14.5. The molecule has 2 heterocycles. The number of carbonyl (C=O) groups is 1. The van der Waals surface area contributed by atoms with Gasteiger partial charge in [0.2, 0.25) is 0 Å². The van der Waals surface area contributed by atoms with Crippen molar-refractivity contribution in [1.29, 1.82) is 0 Å². The summed E-state index contributed by atoms with van der Waals surface area (Å²) in [5.74, 6) is 0.797. The molecule has 2 unspecified atom stereocenters. The molecule has 3 nitrogen and oxygen atoms in total. The molecular formula is C15H18N2O. The van der Waals surface area contributed by atoms with Crippen LogP contribution in [0.5, 0.6) is 0 Å². The number of rotatable bonds is 3. The van der Waals surface area contributed by atoms with Crippen LogP contribution in [-0.2, 0) is 4.79 Å². The van der Waals surface area contributed by atoms with E-state index in [0.29, 0.717) is 18.0 Å². The van der Waals surface area contributed by atoms with E-state index in [4.69, 9.17) is 0 Å². The molecule has 1 saturated heterocycles. The van der Waals surface area contributed by atoms with Gasteiger partial charge in [-0.05, 0) is 30.9 Å². The van der Waals surface area contributed by atoms with Crippen molar-refractivity contribution in [3.63, 3.8) is 0 Å². The maximum Gasteiger partial charge on any atom is 0.251 e. The molecule has 0 aromatic heterocycles.